The largest absolute Gasteiger partial charge is 0.362 e. The van der Waals surface area contributed by atoms with Gasteiger partial charge in [-0.2, -0.15) is 0 Å². The van der Waals surface area contributed by atoms with Gasteiger partial charge in [0.05, 0.1) is 14.8 Å². The smallest absolute Gasteiger partial charge is 0.219 e. The third-order valence-corrected chi connectivity index (χ3v) is 6.92. The van der Waals surface area contributed by atoms with Crippen LogP contribution in [0.1, 0.15) is 97.3 Å². The van der Waals surface area contributed by atoms with E-state index in [9.17, 15) is 9.59 Å². The summed E-state index contributed by atoms with van der Waals surface area (Å²) in [6.45, 7) is 4.78. The minimum atomic E-state index is -0.334. The zero-order chi connectivity index (χ0) is 24.3. The molecule has 0 aromatic carbocycles. The molecule has 1 rings (SSSR count). The number of carbonyl (C=O) groups excluding carboxylic acids is 2. The minimum Gasteiger partial charge on any atom is -0.362 e. The maximum absolute atomic E-state index is 12.5. The number of hydrogen-bond donors (Lipinski definition) is 1. The Morgan fingerprint density at radius 3 is 2.42 bits per heavy atom. The highest BCUT2D eigenvalue weighted by molar-refractivity contribution is 7.10. The summed E-state index contributed by atoms with van der Waals surface area (Å²) in [6, 6.07) is 0. The predicted octanol–water partition coefficient (Wildman–Crippen LogP) is 5.94. The summed E-state index contributed by atoms with van der Waals surface area (Å²) in [7, 11) is -0.661. The molecule has 0 bridgehead atoms. The monoisotopic (exact) mass is 477 g/mol. The van der Waals surface area contributed by atoms with Crippen LogP contribution in [0.2, 0.25) is 0 Å². The molecule has 0 aromatic rings. The molecule has 7 heteroatoms. The van der Waals surface area contributed by atoms with E-state index in [0.29, 0.717) is 38.0 Å². The molecule has 0 aliphatic heterocycles. The fourth-order valence-electron chi connectivity index (χ4n) is 4.54. The number of carbonyl (C=O) groups is 2. The van der Waals surface area contributed by atoms with E-state index in [0.717, 1.165) is 38.5 Å². The van der Waals surface area contributed by atoms with Gasteiger partial charge in [0, 0.05) is 51.1 Å². The Labute approximate surface area is 197 Å². The Bertz CT molecular complexity index is 569. The fourth-order valence-corrected chi connectivity index (χ4v) is 5.09. The van der Waals surface area contributed by atoms with E-state index in [2.05, 4.69) is 24.4 Å². The van der Waals surface area contributed by atoms with Crippen LogP contribution in [0.3, 0.4) is 0 Å². The zero-order valence-corrected chi connectivity index (χ0v) is 21.5. The molecule has 0 saturated heterocycles. The quantitative estimate of drug-likeness (QED) is 0.134. The molecule has 1 aliphatic carbocycles. The van der Waals surface area contributed by atoms with Crippen LogP contribution >= 0.6 is 18.8 Å². The first-order valence-electron chi connectivity index (χ1n) is 13.1. The van der Waals surface area contributed by atoms with Crippen molar-refractivity contribution in [2.24, 2.45) is 11.8 Å². The highest BCUT2D eigenvalue weighted by atomic mass is 31.0. The van der Waals surface area contributed by atoms with Crippen LogP contribution in [-0.4, -0.2) is 33.0 Å². The van der Waals surface area contributed by atoms with Crippen LogP contribution in [0, 0.1) is 11.8 Å². The van der Waals surface area contributed by atoms with Gasteiger partial charge in [0.15, 0.2) is 0 Å². The van der Waals surface area contributed by atoms with Crippen LogP contribution in [0.25, 0.3) is 0 Å². The number of ketones is 1. The van der Waals surface area contributed by atoms with Crippen molar-refractivity contribution in [3.8, 4) is 0 Å². The van der Waals surface area contributed by atoms with E-state index in [4.69, 9.17) is 11.6 Å². The fraction of sp³-hybridized carbons (Fsp3) is 0.833. The standard InChI is InChI=1S/C24H45NO4P2/c1-3-5-6-7-10-13-19(26)16-17-21-20(22(28-30)18-23(21)29-31)14-11-8-9-12-15-24(27)25-4-2/h8,11,20-23H,3-7,9-10,12-18,30-31H2,1-2H3,(H,25,27)/t20?,21-,22+,23-/m1/s1/i30T,31T/t20?,21-,22+,23-,30?,31?. The lowest BCUT2D eigenvalue weighted by Crippen LogP contribution is -2.23. The molecule has 0 radical (unpaired) electrons. The zero-order valence-electron chi connectivity index (χ0n) is 21.5. The first kappa shape index (κ1) is 25.3. The number of rotatable bonds is 20. The molecule has 0 aromatic heterocycles. The van der Waals surface area contributed by atoms with Gasteiger partial charge in [0.2, 0.25) is 5.91 Å². The van der Waals surface area contributed by atoms with Crippen molar-refractivity contribution < 1.29 is 18.6 Å². The first-order chi connectivity index (χ1) is 16.1. The van der Waals surface area contributed by atoms with Crippen LogP contribution in [0.4, 0.5) is 0 Å². The third kappa shape index (κ3) is 11.9. The summed E-state index contributed by atoms with van der Waals surface area (Å²) in [5, 5.41) is 2.82. The molecule has 1 amide bonds. The SMILES string of the molecule is [3H]PO[C@H]1C[C@@H](OP[3H])[C@H](CCC(=O)CCCCCCC)C1CC=CCCCC(=O)NCC. The molecule has 1 fully saturated rings. The molecule has 3 unspecified atom stereocenters. The van der Waals surface area contributed by atoms with E-state index >= 15 is 0 Å². The van der Waals surface area contributed by atoms with Crippen molar-refractivity contribution in [2.45, 2.75) is 110 Å². The maximum atomic E-state index is 12.5. The lowest BCUT2D eigenvalue weighted by molar-refractivity contribution is -0.121. The van der Waals surface area contributed by atoms with Crippen LogP contribution < -0.4 is 5.32 Å². The van der Waals surface area contributed by atoms with Crippen LogP contribution in [-0.2, 0) is 18.6 Å². The Balaban J connectivity index is 2.58. The number of nitrogens with one attached hydrogen (secondary N) is 1. The van der Waals surface area contributed by atoms with Crippen LogP contribution in [0.15, 0.2) is 12.2 Å². The van der Waals surface area contributed by atoms with E-state index in [1.165, 1.54) is 19.3 Å². The van der Waals surface area contributed by atoms with E-state index < -0.39 is 0 Å². The van der Waals surface area contributed by atoms with Crippen molar-refractivity contribution >= 4 is 30.5 Å². The summed E-state index contributed by atoms with van der Waals surface area (Å²) in [6.07, 6.45) is 15.6. The van der Waals surface area contributed by atoms with Gasteiger partial charge in [-0.3, -0.25) is 9.59 Å². The predicted molar refractivity (Wildman–Crippen MR) is 135 cm³/mol. The van der Waals surface area contributed by atoms with Crippen molar-refractivity contribution in [3.63, 3.8) is 0 Å². The lowest BCUT2D eigenvalue weighted by Gasteiger charge is -2.24. The van der Waals surface area contributed by atoms with E-state index in [-0.39, 0.29) is 48.8 Å². The van der Waals surface area contributed by atoms with Gasteiger partial charge in [-0.15, -0.1) is 0 Å². The van der Waals surface area contributed by atoms with Gasteiger partial charge in [0.25, 0.3) is 0 Å². The van der Waals surface area contributed by atoms with Crippen molar-refractivity contribution in [1.29, 1.82) is 2.56 Å². The number of hydrogen-bond acceptors (Lipinski definition) is 4. The van der Waals surface area contributed by atoms with Gasteiger partial charge in [0.1, 0.15) is 5.78 Å². The molecule has 6 atom stereocenters. The molecular formula is C24H45NO4P2. The molecule has 0 heterocycles. The molecule has 31 heavy (non-hydrogen) atoms. The number of allylic oxidation sites excluding steroid dienone is 2. The third-order valence-electron chi connectivity index (χ3n) is 6.31. The van der Waals surface area contributed by atoms with Gasteiger partial charge >= 0.3 is 0 Å². The molecule has 1 N–H and O–H groups in total. The Hall–Kier alpha value is -0.340. The summed E-state index contributed by atoms with van der Waals surface area (Å²) < 4.78 is 26.6. The Kier molecular flexibility index (Phi) is 14.8. The van der Waals surface area contributed by atoms with Gasteiger partial charge in [-0.25, -0.2) is 0 Å². The molecule has 1 saturated carbocycles. The normalized spacial score (nSPS) is 25.1. The first-order valence-corrected chi connectivity index (χ1v) is 13.0. The molecule has 1 aliphatic rings. The summed E-state index contributed by atoms with van der Waals surface area (Å²) in [4.78, 5) is 24.0. The van der Waals surface area contributed by atoms with Gasteiger partial charge in [-0.1, -0.05) is 44.8 Å². The average Bonchev–Trinajstić information content (AvgIpc) is 3.11. The Morgan fingerprint density at radius 2 is 1.71 bits per heavy atom. The maximum Gasteiger partial charge on any atom is 0.219 e. The molecular weight excluding hydrogens is 428 g/mol. The highest BCUT2D eigenvalue weighted by Crippen LogP contribution is 2.43. The summed E-state index contributed by atoms with van der Waals surface area (Å²) in [5.41, 5.74) is 0. The van der Waals surface area contributed by atoms with Crippen molar-refractivity contribution in [2.75, 3.05) is 6.54 Å². The van der Waals surface area contributed by atoms with Crippen molar-refractivity contribution in [1.82, 2.24) is 5.32 Å². The van der Waals surface area contributed by atoms with E-state index in [1.807, 2.05) is 6.92 Å². The molecule has 5 nitrogen and oxygen atoms in total. The molecule has 0 spiro atoms. The second-order valence-corrected chi connectivity index (χ2v) is 9.14. The number of Topliss-reactive ketones (excluding diaryl/α,β-unsaturated/α-hetero) is 1. The summed E-state index contributed by atoms with van der Waals surface area (Å²) in [5.74, 6) is 0.789. The minimum absolute atomic E-state index is 0.0590. The highest BCUT2D eigenvalue weighted by Gasteiger charge is 2.43. The topological polar surface area (TPSA) is 64.6 Å². The number of amides is 1. The number of unbranched alkanes of at least 4 members (excludes halogenated alkanes) is 5. The lowest BCUT2D eigenvalue weighted by atomic mass is 9.86. The summed E-state index contributed by atoms with van der Waals surface area (Å²) >= 11 is 0. The van der Waals surface area contributed by atoms with Gasteiger partial charge < -0.3 is 14.4 Å². The second-order valence-electron chi connectivity index (χ2n) is 8.67. The Morgan fingerprint density at radius 1 is 0.968 bits per heavy atom. The van der Waals surface area contributed by atoms with Gasteiger partial charge in [-0.05, 0) is 50.9 Å². The van der Waals surface area contributed by atoms with Crippen LogP contribution in [0.5, 0.6) is 0 Å². The second kappa shape index (κ2) is 18.1. The van der Waals surface area contributed by atoms with E-state index in [1.54, 1.807) is 0 Å². The average molecular weight is 478 g/mol. The van der Waals surface area contributed by atoms with Crippen molar-refractivity contribution in [3.05, 3.63) is 12.2 Å². The molecule has 180 valence electrons.